The molecule has 0 fully saturated rings. The van der Waals surface area contributed by atoms with E-state index in [2.05, 4.69) is 15.9 Å². The second kappa shape index (κ2) is 2.63. The van der Waals surface area contributed by atoms with Gasteiger partial charge in [0.25, 0.3) is 0 Å². The molecular weight excluding hydrogens is 148 g/mol. The Kier molecular flexibility index (Phi) is 1.49. The number of fused-ring (bicyclic) bond motifs is 1. The number of benzene rings is 1. The molecule has 0 N–H and O–H groups in total. The predicted molar refractivity (Wildman–Crippen MR) is 47.5 cm³/mol. The van der Waals surface area contributed by atoms with Gasteiger partial charge in [-0.15, -0.1) is 6.42 Å². The normalized spacial score (nSPS) is 9.58. The van der Waals surface area contributed by atoms with Gasteiger partial charge in [0, 0.05) is 12.4 Å². The summed E-state index contributed by atoms with van der Waals surface area (Å²) in [4.78, 5) is 8.28. The van der Waals surface area contributed by atoms with Gasteiger partial charge in [-0.3, -0.25) is 9.97 Å². The molecule has 0 saturated heterocycles. The molecule has 0 saturated carbocycles. The summed E-state index contributed by atoms with van der Waals surface area (Å²) < 4.78 is 0. The van der Waals surface area contributed by atoms with E-state index in [1.165, 1.54) is 0 Å². The minimum Gasteiger partial charge on any atom is -0.253 e. The van der Waals surface area contributed by atoms with Crippen molar-refractivity contribution in [2.24, 2.45) is 0 Å². The molecule has 0 aliphatic carbocycles. The number of rotatable bonds is 0. The van der Waals surface area contributed by atoms with Gasteiger partial charge in [0.2, 0.25) is 0 Å². The van der Waals surface area contributed by atoms with Gasteiger partial charge in [-0.2, -0.15) is 0 Å². The molecule has 56 valence electrons. The van der Waals surface area contributed by atoms with E-state index in [0.717, 1.165) is 16.6 Å². The first kappa shape index (κ1) is 6.81. The maximum absolute atomic E-state index is 5.30. The van der Waals surface area contributed by atoms with Crippen molar-refractivity contribution in [3.63, 3.8) is 0 Å². The van der Waals surface area contributed by atoms with E-state index in [1.807, 2.05) is 18.2 Å². The molecule has 1 heterocycles. The predicted octanol–water partition coefficient (Wildman–Crippen LogP) is 1.61. The quantitative estimate of drug-likeness (QED) is 0.539. The lowest BCUT2D eigenvalue weighted by Crippen LogP contribution is -1.85. The van der Waals surface area contributed by atoms with Crippen LogP contribution in [0.2, 0.25) is 0 Å². The Morgan fingerprint density at radius 1 is 1.17 bits per heavy atom. The van der Waals surface area contributed by atoms with E-state index < -0.39 is 0 Å². The van der Waals surface area contributed by atoms with Crippen LogP contribution in [-0.2, 0) is 0 Å². The maximum atomic E-state index is 5.30. The first-order valence-corrected chi connectivity index (χ1v) is 3.58. The van der Waals surface area contributed by atoms with Gasteiger partial charge in [0.15, 0.2) is 0 Å². The third-order valence-electron chi connectivity index (χ3n) is 1.65. The fraction of sp³-hybridized carbons (Fsp3) is 0. The zero-order chi connectivity index (χ0) is 8.39. The highest BCUT2D eigenvalue weighted by atomic mass is 14.8. The lowest BCUT2D eigenvalue weighted by molar-refractivity contribution is 1.29. The molecule has 2 aromatic rings. The monoisotopic (exact) mass is 154 g/mol. The van der Waals surface area contributed by atoms with Crippen LogP contribution in [0.1, 0.15) is 5.56 Å². The number of hydrogen-bond acceptors (Lipinski definition) is 2. The van der Waals surface area contributed by atoms with E-state index in [-0.39, 0.29) is 0 Å². The SMILES string of the molecule is C#Cc1cccc2nccnc12. The van der Waals surface area contributed by atoms with Gasteiger partial charge >= 0.3 is 0 Å². The Balaban J connectivity index is 2.91. The van der Waals surface area contributed by atoms with E-state index in [1.54, 1.807) is 12.4 Å². The molecule has 0 bridgehead atoms. The van der Waals surface area contributed by atoms with Crippen molar-refractivity contribution in [1.82, 2.24) is 9.97 Å². The topological polar surface area (TPSA) is 25.8 Å². The summed E-state index contributed by atoms with van der Waals surface area (Å²) in [6.45, 7) is 0. The third kappa shape index (κ3) is 0.923. The van der Waals surface area contributed by atoms with E-state index in [4.69, 9.17) is 6.42 Å². The average molecular weight is 154 g/mol. The van der Waals surface area contributed by atoms with Gasteiger partial charge in [-0.1, -0.05) is 12.0 Å². The van der Waals surface area contributed by atoms with Crippen LogP contribution in [-0.4, -0.2) is 9.97 Å². The van der Waals surface area contributed by atoms with Crippen LogP contribution in [0.5, 0.6) is 0 Å². The second-order valence-electron chi connectivity index (χ2n) is 2.37. The Labute approximate surface area is 70.3 Å². The smallest absolute Gasteiger partial charge is 0.104 e. The minimum atomic E-state index is 0.792. The Morgan fingerprint density at radius 2 is 2.00 bits per heavy atom. The Bertz CT molecular complexity index is 449. The molecular formula is C10H6N2. The van der Waals surface area contributed by atoms with E-state index in [0.29, 0.717) is 0 Å². The fourth-order valence-corrected chi connectivity index (χ4v) is 1.11. The first-order valence-electron chi connectivity index (χ1n) is 3.58. The van der Waals surface area contributed by atoms with Crippen LogP contribution in [0, 0.1) is 12.3 Å². The largest absolute Gasteiger partial charge is 0.253 e. The molecule has 2 rings (SSSR count). The Morgan fingerprint density at radius 3 is 2.83 bits per heavy atom. The highest BCUT2D eigenvalue weighted by Gasteiger charge is 1.97. The zero-order valence-electron chi connectivity index (χ0n) is 6.36. The van der Waals surface area contributed by atoms with Crippen molar-refractivity contribution >= 4 is 11.0 Å². The standard InChI is InChI=1S/C10H6N2/c1-2-8-4-3-5-9-10(8)12-7-6-11-9/h1,3-7H. The molecule has 0 aliphatic rings. The highest BCUT2D eigenvalue weighted by Crippen LogP contribution is 2.11. The molecule has 12 heavy (non-hydrogen) atoms. The second-order valence-corrected chi connectivity index (χ2v) is 2.37. The van der Waals surface area contributed by atoms with E-state index >= 15 is 0 Å². The van der Waals surface area contributed by atoms with Crippen LogP contribution in [0.4, 0.5) is 0 Å². The molecule has 0 radical (unpaired) electrons. The van der Waals surface area contributed by atoms with Crippen molar-refractivity contribution < 1.29 is 0 Å². The van der Waals surface area contributed by atoms with Crippen molar-refractivity contribution in [2.75, 3.05) is 0 Å². The van der Waals surface area contributed by atoms with E-state index in [9.17, 15) is 0 Å². The molecule has 0 atom stereocenters. The molecule has 2 nitrogen and oxygen atoms in total. The number of terminal acetylenes is 1. The summed E-state index contributed by atoms with van der Waals surface area (Å²) in [5.74, 6) is 2.57. The maximum Gasteiger partial charge on any atom is 0.104 e. The lowest BCUT2D eigenvalue weighted by atomic mass is 10.2. The van der Waals surface area contributed by atoms with Crippen molar-refractivity contribution in [3.8, 4) is 12.3 Å². The highest BCUT2D eigenvalue weighted by molar-refractivity contribution is 5.80. The number of para-hydroxylation sites is 1. The van der Waals surface area contributed by atoms with Crippen LogP contribution in [0.15, 0.2) is 30.6 Å². The van der Waals surface area contributed by atoms with Gasteiger partial charge < -0.3 is 0 Å². The van der Waals surface area contributed by atoms with Gasteiger partial charge in [-0.05, 0) is 12.1 Å². The summed E-state index contributed by atoms with van der Waals surface area (Å²) >= 11 is 0. The molecule has 0 spiro atoms. The first-order chi connectivity index (χ1) is 5.92. The average Bonchev–Trinajstić information content (AvgIpc) is 2.17. The van der Waals surface area contributed by atoms with Gasteiger partial charge in [-0.25, -0.2) is 0 Å². The minimum absolute atomic E-state index is 0.792. The van der Waals surface area contributed by atoms with Crippen LogP contribution < -0.4 is 0 Å². The van der Waals surface area contributed by atoms with Crippen molar-refractivity contribution in [1.29, 1.82) is 0 Å². The zero-order valence-corrected chi connectivity index (χ0v) is 6.36. The lowest BCUT2D eigenvalue weighted by Gasteiger charge is -1.96. The summed E-state index contributed by atoms with van der Waals surface area (Å²) in [5, 5.41) is 0. The van der Waals surface area contributed by atoms with Crippen LogP contribution in [0.25, 0.3) is 11.0 Å². The van der Waals surface area contributed by atoms with Crippen LogP contribution in [0.3, 0.4) is 0 Å². The third-order valence-corrected chi connectivity index (χ3v) is 1.65. The van der Waals surface area contributed by atoms with Gasteiger partial charge in [0.05, 0.1) is 11.1 Å². The summed E-state index contributed by atoms with van der Waals surface area (Å²) in [6.07, 6.45) is 8.60. The Hall–Kier alpha value is -1.88. The van der Waals surface area contributed by atoms with Crippen molar-refractivity contribution in [3.05, 3.63) is 36.2 Å². The van der Waals surface area contributed by atoms with Crippen molar-refractivity contribution in [2.45, 2.75) is 0 Å². The molecule has 1 aromatic carbocycles. The summed E-state index contributed by atoms with van der Waals surface area (Å²) in [7, 11) is 0. The van der Waals surface area contributed by atoms with Crippen LogP contribution >= 0.6 is 0 Å². The molecule has 2 heteroatoms. The summed E-state index contributed by atoms with van der Waals surface area (Å²) in [6, 6.07) is 5.63. The number of hydrogen-bond donors (Lipinski definition) is 0. The summed E-state index contributed by atoms with van der Waals surface area (Å²) in [5.41, 5.74) is 2.43. The molecule has 0 aliphatic heterocycles. The molecule has 1 aromatic heterocycles. The molecule has 0 amide bonds. The number of nitrogens with zero attached hydrogens (tertiary/aromatic N) is 2. The fourth-order valence-electron chi connectivity index (χ4n) is 1.11. The number of aromatic nitrogens is 2. The molecule has 0 unspecified atom stereocenters. The van der Waals surface area contributed by atoms with Gasteiger partial charge in [0.1, 0.15) is 5.52 Å².